The summed E-state index contributed by atoms with van der Waals surface area (Å²) in [6.45, 7) is 3.32. The maximum absolute atomic E-state index is 13.3. The highest BCUT2D eigenvalue weighted by molar-refractivity contribution is 6.31. The summed E-state index contributed by atoms with van der Waals surface area (Å²) in [6.07, 6.45) is 1.51. The van der Waals surface area contributed by atoms with Gasteiger partial charge in [0.25, 0.3) is 0 Å². The predicted octanol–water partition coefficient (Wildman–Crippen LogP) is 3.08. The van der Waals surface area contributed by atoms with Crippen LogP contribution >= 0.6 is 11.6 Å². The van der Waals surface area contributed by atoms with Gasteiger partial charge < -0.3 is 10.3 Å². The number of nitrogens with one attached hydrogen (secondary N) is 3. The molecule has 0 fully saturated rings. The van der Waals surface area contributed by atoms with Crippen molar-refractivity contribution in [3.05, 3.63) is 52.7 Å². The highest BCUT2D eigenvalue weighted by Crippen LogP contribution is 2.24. The molecule has 0 atom stereocenters. The third-order valence-electron chi connectivity index (χ3n) is 3.60. The van der Waals surface area contributed by atoms with Gasteiger partial charge in [-0.3, -0.25) is 10.6 Å². The van der Waals surface area contributed by atoms with E-state index in [2.05, 4.69) is 20.3 Å². The first kappa shape index (κ1) is 17.3. The Labute approximate surface area is 147 Å². The van der Waals surface area contributed by atoms with E-state index in [0.29, 0.717) is 34.2 Å². The van der Waals surface area contributed by atoms with Gasteiger partial charge in [-0.2, -0.15) is 0 Å². The van der Waals surface area contributed by atoms with Crippen LogP contribution in [0.3, 0.4) is 0 Å². The number of benzene rings is 1. The maximum Gasteiger partial charge on any atom is 0.178 e. The number of imidazole rings is 1. The zero-order valence-corrected chi connectivity index (χ0v) is 14.1. The SMILES string of the molecule is CCNCc1nc2nccc(C(=N)N(O)c3ccc(F)c(Cl)c3)c2[nH]1. The fourth-order valence-corrected chi connectivity index (χ4v) is 2.52. The molecule has 1 aromatic carbocycles. The normalized spacial score (nSPS) is 11.0. The zero-order chi connectivity index (χ0) is 18.0. The quantitative estimate of drug-likeness (QED) is 0.317. The van der Waals surface area contributed by atoms with E-state index in [1.807, 2.05) is 6.92 Å². The van der Waals surface area contributed by atoms with Crippen molar-refractivity contribution < 1.29 is 9.60 Å². The highest BCUT2D eigenvalue weighted by Gasteiger charge is 2.18. The lowest BCUT2D eigenvalue weighted by atomic mass is 10.2. The molecule has 0 amide bonds. The van der Waals surface area contributed by atoms with Crippen molar-refractivity contribution in [1.82, 2.24) is 20.3 Å². The molecule has 9 heteroatoms. The smallest absolute Gasteiger partial charge is 0.178 e. The number of hydrogen-bond donors (Lipinski definition) is 4. The first-order valence-electron chi connectivity index (χ1n) is 7.58. The molecule has 3 aromatic rings. The van der Waals surface area contributed by atoms with Crippen LogP contribution in [-0.2, 0) is 6.54 Å². The maximum atomic E-state index is 13.3. The second kappa shape index (κ2) is 7.14. The van der Waals surface area contributed by atoms with E-state index in [4.69, 9.17) is 17.0 Å². The monoisotopic (exact) mass is 362 g/mol. The average molecular weight is 363 g/mol. The van der Waals surface area contributed by atoms with E-state index in [1.165, 1.54) is 18.3 Å². The molecule has 0 unspecified atom stereocenters. The summed E-state index contributed by atoms with van der Waals surface area (Å²) in [5, 5.41) is 22.2. The van der Waals surface area contributed by atoms with E-state index in [9.17, 15) is 9.60 Å². The molecule has 4 N–H and O–H groups in total. The Hall–Kier alpha value is -2.55. The molecular weight excluding hydrogens is 347 g/mol. The molecule has 0 aliphatic carbocycles. The van der Waals surface area contributed by atoms with Crippen LogP contribution in [0.1, 0.15) is 18.3 Å². The number of aromatic amines is 1. The Balaban J connectivity index is 1.95. The van der Waals surface area contributed by atoms with Gasteiger partial charge in [0, 0.05) is 11.8 Å². The van der Waals surface area contributed by atoms with Gasteiger partial charge in [-0.15, -0.1) is 0 Å². The molecule has 0 aliphatic heterocycles. The molecule has 7 nitrogen and oxygen atoms in total. The van der Waals surface area contributed by atoms with Crippen molar-refractivity contribution in [2.24, 2.45) is 0 Å². The largest absolute Gasteiger partial charge is 0.339 e. The van der Waals surface area contributed by atoms with Crippen molar-refractivity contribution in [2.45, 2.75) is 13.5 Å². The number of fused-ring (bicyclic) bond motifs is 1. The van der Waals surface area contributed by atoms with Crippen molar-refractivity contribution in [2.75, 3.05) is 11.6 Å². The third kappa shape index (κ3) is 3.46. The number of anilines is 1. The Morgan fingerprint density at radius 2 is 2.24 bits per heavy atom. The Morgan fingerprint density at radius 3 is 2.96 bits per heavy atom. The number of pyridine rings is 1. The third-order valence-corrected chi connectivity index (χ3v) is 3.89. The lowest BCUT2D eigenvalue weighted by molar-refractivity contribution is 0.312. The topological polar surface area (TPSA) is 101 Å². The lowest BCUT2D eigenvalue weighted by Crippen LogP contribution is -2.27. The van der Waals surface area contributed by atoms with Crippen molar-refractivity contribution in [3.8, 4) is 0 Å². The van der Waals surface area contributed by atoms with E-state index >= 15 is 0 Å². The molecule has 0 saturated heterocycles. The Morgan fingerprint density at radius 1 is 1.44 bits per heavy atom. The zero-order valence-electron chi connectivity index (χ0n) is 13.3. The van der Waals surface area contributed by atoms with Crippen LogP contribution < -0.4 is 10.4 Å². The van der Waals surface area contributed by atoms with Gasteiger partial charge in [0.05, 0.1) is 22.8 Å². The van der Waals surface area contributed by atoms with Crippen molar-refractivity contribution in [3.63, 3.8) is 0 Å². The minimum atomic E-state index is -0.599. The van der Waals surface area contributed by atoms with Crippen molar-refractivity contribution in [1.29, 1.82) is 5.41 Å². The molecule has 0 saturated carbocycles. The van der Waals surface area contributed by atoms with Gasteiger partial charge in [-0.1, -0.05) is 18.5 Å². The Bertz CT molecular complexity index is 928. The average Bonchev–Trinajstić information content (AvgIpc) is 3.04. The minimum absolute atomic E-state index is 0.140. The van der Waals surface area contributed by atoms with Crippen LogP contribution in [-0.4, -0.2) is 32.5 Å². The van der Waals surface area contributed by atoms with Gasteiger partial charge >= 0.3 is 0 Å². The molecule has 0 spiro atoms. The first-order chi connectivity index (χ1) is 12.0. The van der Waals surface area contributed by atoms with Crippen LogP contribution in [0.2, 0.25) is 5.02 Å². The highest BCUT2D eigenvalue weighted by atomic mass is 35.5. The number of nitrogens with zero attached hydrogens (tertiary/aromatic N) is 3. The number of hydroxylamine groups is 1. The van der Waals surface area contributed by atoms with Crippen LogP contribution in [0.25, 0.3) is 11.2 Å². The molecule has 0 bridgehead atoms. The van der Waals surface area contributed by atoms with E-state index in [0.717, 1.165) is 12.6 Å². The molecule has 0 radical (unpaired) electrons. The fourth-order valence-electron chi connectivity index (χ4n) is 2.34. The summed E-state index contributed by atoms with van der Waals surface area (Å²) in [5.41, 5.74) is 1.56. The first-order valence-corrected chi connectivity index (χ1v) is 7.96. The number of H-pyrrole nitrogens is 1. The molecule has 3 rings (SSSR count). The van der Waals surface area contributed by atoms with Crippen LogP contribution in [0.4, 0.5) is 10.1 Å². The molecule has 25 heavy (non-hydrogen) atoms. The minimum Gasteiger partial charge on any atom is -0.339 e. The number of hydrogen-bond acceptors (Lipinski definition) is 5. The standard InChI is InChI=1S/C16H16ClFN6O/c1-2-20-8-13-22-14-10(5-6-21-16(14)23-13)15(19)24(25)9-3-4-12(18)11(17)7-9/h3-7,19-20,25H,2,8H2,1H3,(H,21,22,23). The number of rotatable bonds is 5. The van der Waals surface area contributed by atoms with Gasteiger partial charge in [0.2, 0.25) is 0 Å². The summed E-state index contributed by atoms with van der Waals surface area (Å²) >= 11 is 5.74. The summed E-state index contributed by atoms with van der Waals surface area (Å²) in [5.74, 6) is -0.133. The molecule has 2 aromatic heterocycles. The van der Waals surface area contributed by atoms with E-state index in [-0.39, 0.29) is 16.5 Å². The summed E-state index contributed by atoms with van der Waals surface area (Å²) in [7, 11) is 0. The second-order valence-corrected chi connectivity index (χ2v) is 5.69. The lowest BCUT2D eigenvalue weighted by Gasteiger charge is -2.18. The van der Waals surface area contributed by atoms with Crippen molar-refractivity contribution >= 4 is 34.3 Å². The van der Waals surface area contributed by atoms with Gasteiger partial charge in [-0.05, 0) is 30.8 Å². The summed E-state index contributed by atoms with van der Waals surface area (Å²) < 4.78 is 13.3. The summed E-state index contributed by atoms with van der Waals surface area (Å²) in [6, 6.07) is 5.29. The van der Waals surface area contributed by atoms with Crippen LogP contribution in [0.15, 0.2) is 30.5 Å². The van der Waals surface area contributed by atoms with Crippen LogP contribution in [0, 0.1) is 11.2 Å². The molecule has 130 valence electrons. The van der Waals surface area contributed by atoms with E-state index < -0.39 is 5.82 Å². The van der Waals surface area contributed by atoms with Gasteiger partial charge in [0.15, 0.2) is 11.5 Å². The van der Waals surface area contributed by atoms with Crippen LogP contribution in [0.5, 0.6) is 0 Å². The molecule has 0 aliphatic rings. The molecular formula is C16H16ClFN6O. The van der Waals surface area contributed by atoms with E-state index in [1.54, 1.807) is 6.07 Å². The fraction of sp³-hybridized carbons (Fsp3) is 0.188. The number of halogens is 2. The Kier molecular flexibility index (Phi) is 4.93. The van der Waals surface area contributed by atoms with Gasteiger partial charge in [-0.25, -0.2) is 19.4 Å². The summed E-state index contributed by atoms with van der Waals surface area (Å²) in [4.78, 5) is 11.6. The number of amidine groups is 1. The number of aromatic nitrogens is 3. The second-order valence-electron chi connectivity index (χ2n) is 5.28. The molecule has 2 heterocycles. The van der Waals surface area contributed by atoms with Gasteiger partial charge in [0.1, 0.15) is 11.6 Å². The predicted molar refractivity (Wildman–Crippen MR) is 93.8 cm³/mol.